The minimum absolute atomic E-state index is 0.0734. The largest absolute Gasteiger partial charge is 0.493 e. The maximum absolute atomic E-state index is 12.7. The van der Waals surface area contributed by atoms with Gasteiger partial charge in [-0.05, 0) is 31.9 Å². The molecule has 0 heterocycles. The van der Waals surface area contributed by atoms with Gasteiger partial charge in [0.15, 0.2) is 11.5 Å². The molecule has 0 radical (unpaired) electrons. The number of aryl methyl sites for hydroxylation is 1. The molecule has 0 aromatic heterocycles. The highest BCUT2D eigenvalue weighted by molar-refractivity contribution is 5.99. The van der Waals surface area contributed by atoms with Gasteiger partial charge in [-0.15, -0.1) is 0 Å². The fourth-order valence-electron chi connectivity index (χ4n) is 2.73. The molecule has 1 amide bonds. The first kappa shape index (κ1) is 19.2. The number of nitrogens with one attached hydrogen (secondary N) is 1. The summed E-state index contributed by atoms with van der Waals surface area (Å²) in [7, 11) is 1.42. The maximum atomic E-state index is 12.7. The number of hydrogen-bond donors (Lipinski definition) is 1. The van der Waals surface area contributed by atoms with Crippen molar-refractivity contribution < 1.29 is 19.2 Å². The van der Waals surface area contributed by atoms with Crippen molar-refractivity contribution in [3.63, 3.8) is 0 Å². The van der Waals surface area contributed by atoms with Crippen molar-refractivity contribution >= 4 is 11.6 Å². The topological polar surface area (TPSA) is 90.7 Å². The molecule has 0 aliphatic heterocycles. The van der Waals surface area contributed by atoms with Crippen LogP contribution in [0.15, 0.2) is 36.4 Å². The minimum Gasteiger partial charge on any atom is -0.493 e. The van der Waals surface area contributed by atoms with Crippen LogP contribution >= 0.6 is 0 Å². The molecule has 26 heavy (non-hydrogen) atoms. The summed E-state index contributed by atoms with van der Waals surface area (Å²) in [5.41, 5.74) is 1.57. The Morgan fingerprint density at radius 2 is 1.96 bits per heavy atom. The fraction of sp³-hybridized carbons (Fsp3) is 0.316. The molecule has 0 aliphatic carbocycles. The zero-order valence-corrected chi connectivity index (χ0v) is 15.2. The van der Waals surface area contributed by atoms with E-state index in [1.165, 1.54) is 19.2 Å². The molecule has 0 fully saturated rings. The van der Waals surface area contributed by atoms with Crippen LogP contribution in [-0.2, 0) is 0 Å². The van der Waals surface area contributed by atoms with Crippen LogP contribution in [0.3, 0.4) is 0 Å². The van der Waals surface area contributed by atoms with Crippen molar-refractivity contribution in [2.24, 2.45) is 0 Å². The zero-order chi connectivity index (χ0) is 19.3. The zero-order valence-electron chi connectivity index (χ0n) is 15.2. The molecule has 0 spiro atoms. The van der Waals surface area contributed by atoms with Crippen LogP contribution in [0.5, 0.6) is 11.5 Å². The molecule has 138 valence electrons. The Labute approximate surface area is 152 Å². The molecule has 0 aliphatic rings. The Balaban J connectivity index is 2.38. The van der Waals surface area contributed by atoms with E-state index in [-0.39, 0.29) is 28.8 Å². The van der Waals surface area contributed by atoms with E-state index in [1.54, 1.807) is 6.92 Å². The van der Waals surface area contributed by atoms with E-state index in [4.69, 9.17) is 9.47 Å². The molecule has 0 bridgehead atoms. The standard InChI is InChI=1S/C19H22N2O5/c1-5-26-18-11-16(21(23)24)15(10-17(18)25-4)19(22)20-13(3)14-9-7-6-8-12(14)2/h6-11,13H,5H2,1-4H3,(H,20,22). The first-order chi connectivity index (χ1) is 12.4. The summed E-state index contributed by atoms with van der Waals surface area (Å²) in [5.74, 6) is -0.0508. The van der Waals surface area contributed by atoms with Gasteiger partial charge >= 0.3 is 0 Å². The second kappa shape index (κ2) is 8.33. The first-order valence-electron chi connectivity index (χ1n) is 8.24. The SMILES string of the molecule is CCOc1cc([N+](=O)[O-])c(C(=O)NC(C)c2ccccc2C)cc1OC. The van der Waals surface area contributed by atoms with Gasteiger partial charge in [-0.3, -0.25) is 14.9 Å². The average molecular weight is 358 g/mol. The molecular weight excluding hydrogens is 336 g/mol. The summed E-state index contributed by atoms with van der Waals surface area (Å²) in [6.45, 7) is 5.86. The Bertz CT molecular complexity index is 820. The van der Waals surface area contributed by atoms with E-state index >= 15 is 0 Å². The molecule has 7 heteroatoms. The van der Waals surface area contributed by atoms with Crippen LogP contribution in [0.2, 0.25) is 0 Å². The number of nitro benzene ring substituents is 1. The maximum Gasteiger partial charge on any atom is 0.286 e. The number of hydrogen-bond acceptors (Lipinski definition) is 5. The lowest BCUT2D eigenvalue weighted by Gasteiger charge is -2.17. The molecule has 0 saturated carbocycles. The number of ether oxygens (including phenoxy) is 2. The van der Waals surface area contributed by atoms with Gasteiger partial charge in [0.05, 0.1) is 30.7 Å². The lowest BCUT2D eigenvalue weighted by Crippen LogP contribution is -2.27. The monoisotopic (exact) mass is 358 g/mol. The van der Waals surface area contributed by atoms with Gasteiger partial charge in [0.1, 0.15) is 5.56 Å². The summed E-state index contributed by atoms with van der Waals surface area (Å²) in [6.07, 6.45) is 0. The van der Waals surface area contributed by atoms with Gasteiger partial charge in [-0.1, -0.05) is 24.3 Å². The van der Waals surface area contributed by atoms with E-state index in [0.29, 0.717) is 6.61 Å². The number of nitrogens with zero attached hydrogens (tertiary/aromatic N) is 1. The first-order valence-corrected chi connectivity index (χ1v) is 8.24. The normalized spacial score (nSPS) is 11.5. The Kier molecular flexibility index (Phi) is 6.16. The third-order valence-electron chi connectivity index (χ3n) is 4.03. The highest BCUT2D eigenvalue weighted by atomic mass is 16.6. The summed E-state index contributed by atoms with van der Waals surface area (Å²) < 4.78 is 10.6. The summed E-state index contributed by atoms with van der Waals surface area (Å²) in [4.78, 5) is 23.5. The minimum atomic E-state index is -0.602. The van der Waals surface area contributed by atoms with Crippen LogP contribution in [0.4, 0.5) is 5.69 Å². The van der Waals surface area contributed by atoms with Crippen LogP contribution in [0.25, 0.3) is 0 Å². The lowest BCUT2D eigenvalue weighted by molar-refractivity contribution is -0.385. The van der Waals surface area contributed by atoms with Crippen molar-refractivity contribution in [2.75, 3.05) is 13.7 Å². The van der Waals surface area contributed by atoms with Gasteiger partial charge in [-0.2, -0.15) is 0 Å². The number of methoxy groups -OCH3 is 1. The Morgan fingerprint density at radius 1 is 1.27 bits per heavy atom. The van der Waals surface area contributed by atoms with E-state index in [9.17, 15) is 14.9 Å². The van der Waals surface area contributed by atoms with Crippen molar-refractivity contribution in [3.8, 4) is 11.5 Å². The second-order valence-corrected chi connectivity index (χ2v) is 5.76. The molecule has 1 atom stereocenters. The number of nitro groups is 1. The number of rotatable bonds is 7. The molecule has 1 unspecified atom stereocenters. The lowest BCUT2D eigenvalue weighted by atomic mass is 10.0. The molecule has 2 aromatic carbocycles. The summed E-state index contributed by atoms with van der Waals surface area (Å²) in [5, 5.41) is 14.2. The molecule has 0 saturated heterocycles. The number of carbonyl (C=O) groups excluding carboxylic acids is 1. The molecule has 7 nitrogen and oxygen atoms in total. The Hall–Kier alpha value is -3.09. The number of benzene rings is 2. The van der Waals surface area contributed by atoms with E-state index in [1.807, 2.05) is 38.1 Å². The van der Waals surface area contributed by atoms with Gasteiger partial charge in [0.2, 0.25) is 0 Å². The quantitative estimate of drug-likeness (QED) is 0.600. The van der Waals surface area contributed by atoms with E-state index < -0.39 is 10.8 Å². The van der Waals surface area contributed by atoms with Crippen molar-refractivity contribution in [2.45, 2.75) is 26.8 Å². The highest BCUT2D eigenvalue weighted by Crippen LogP contribution is 2.35. The summed E-state index contributed by atoms with van der Waals surface area (Å²) in [6, 6.07) is 9.90. The van der Waals surface area contributed by atoms with Gasteiger partial charge in [0.25, 0.3) is 11.6 Å². The molecule has 1 N–H and O–H groups in total. The average Bonchev–Trinajstić information content (AvgIpc) is 2.61. The highest BCUT2D eigenvalue weighted by Gasteiger charge is 2.26. The molecular formula is C19H22N2O5. The van der Waals surface area contributed by atoms with E-state index in [0.717, 1.165) is 11.1 Å². The number of carbonyl (C=O) groups is 1. The fourth-order valence-corrected chi connectivity index (χ4v) is 2.73. The smallest absolute Gasteiger partial charge is 0.286 e. The second-order valence-electron chi connectivity index (χ2n) is 5.76. The van der Waals surface area contributed by atoms with Crippen LogP contribution in [0, 0.1) is 17.0 Å². The van der Waals surface area contributed by atoms with Gasteiger partial charge in [0, 0.05) is 6.07 Å². The molecule has 2 rings (SSSR count). The van der Waals surface area contributed by atoms with Crippen molar-refractivity contribution in [1.29, 1.82) is 0 Å². The van der Waals surface area contributed by atoms with Crippen LogP contribution in [0.1, 0.15) is 41.4 Å². The third kappa shape index (κ3) is 4.11. The predicted molar refractivity (Wildman–Crippen MR) is 97.9 cm³/mol. The Morgan fingerprint density at radius 3 is 2.54 bits per heavy atom. The van der Waals surface area contributed by atoms with Crippen molar-refractivity contribution in [1.82, 2.24) is 5.32 Å². The van der Waals surface area contributed by atoms with Crippen LogP contribution in [-0.4, -0.2) is 24.5 Å². The van der Waals surface area contributed by atoms with Crippen molar-refractivity contribution in [3.05, 3.63) is 63.2 Å². The predicted octanol–water partition coefficient (Wildman–Crippen LogP) is 3.80. The van der Waals surface area contributed by atoms with Gasteiger partial charge < -0.3 is 14.8 Å². The van der Waals surface area contributed by atoms with Crippen LogP contribution < -0.4 is 14.8 Å². The number of amides is 1. The third-order valence-corrected chi connectivity index (χ3v) is 4.03. The van der Waals surface area contributed by atoms with Gasteiger partial charge in [-0.25, -0.2) is 0 Å². The van der Waals surface area contributed by atoms with E-state index in [2.05, 4.69) is 5.32 Å². The molecule has 2 aromatic rings. The summed E-state index contributed by atoms with van der Waals surface area (Å²) >= 11 is 0.